The van der Waals surface area contributed by atoms with Crippen molar-refractivity contribution in [1.29, 1.82) is 0 Å². The molecule has 3 aromatic rings. The van der Waals surface area contributed by atoms with Gasteiger partial charge in [-0.1, -0.05) is 0 Å². The number of aromatic nitrogens is 4. The third kappa shape index (κ3) is 1.27. The molecular weight excluding hydrogens is 224 g/mol. The zero-order chi connectivity index (χ0) is 11.1. The molecule has 6 heteroatoms. The number of aromatic amines is 1. The summed E-state index contributed by atoms with van der Waals surface area (Å²) in [5, 5.41) is 1.86. The Morgan fingerprint density at radius 3 is 3.12 bits per heavy atom. The summed E-state index contributed by atoms with van der Waals surface area (Å²) in [5.41, 5.74) is 0.602. The van der Waals surface area contributed by atoms with Gasteiger partial charge in [0.2, 0.25) is 0 Å². The minimum atomic E-state index is -0.113. The number of hydrogen-bond donors (Lipinski definition) is 1. The molecule has 0 unspecified atom stereocenters. The van der Waals surface area contributed by atoms with Crippen LogP contribution in [0.4, 0.5) is 0 Å². The number of imidazole rings is 1. The highest BCUT2D eigenvalue weighted by molar-refractivity contribution is 7.17. The molecule has 0 amide bonds. The largest absolute Gasteiger partial charge is 0.331 e. The molecule has 0 saturated heterocycles. The fourth-order valence-electron chi connectivity index (χ4n) is 1.57. The zero-order valence-corrected chi connectivity index (χ0v) is 9.28. The SMILES string of the molecule is Cn1ccnc1-c1nc2ccsc2c(=O)[nH]1. The third-order valence-electron chi connectivity index (χ3n) is 2.35. The van der Waals surface area contributed by atoms with Gasteiger partial charge in [-0.2, -0.15) is 0 Å². The van der Waals surface area contributed by atoms with Crippen LogP contribution in [0.5, 0.6) is 0 Å². The van der Waals surface area contributed by atoms with Gasteiger partial charge in [0.05, 0.1) is 5.52 Å². The van der Waals surface area contributed by atoms with Crippen molar-refractivity contribution in [1.82, 2.24) is 19.5 Å². The highest BCUT2D eigenvalue weighted by Gasteiger charge is 2.09. The van der Waals surface area contributed by atoms with Gasteiger partial charge < -0.3 is 9.55 Å². The van der Waals surface area contributed by atoms with Gasteiger partial charge in [-0.25, -0.2) is 9.97 Å². The molecule has 0 aliphatic heterocycles. The lowest BCUT2D eigenvalue weighted by Crippen LogP contribution is -2.09. The Morgan fingerprint density at radius 1 is 1.50 bits per heavy atom. The Balaban J connectivity index is 2.33. The van der Waals surface area contributed by atoms with Crippen molar-refractivity contribution in [2.75, 3.05) is 0 Å². The molecular formula is C10H8N4OS. The fourth-order valence-corrected chi connectivity index (χ4v) is 2.30. The van der Waals surface area contributed by atoms with E-state index in [0.29, 0.717) is 21.9 Å². The van der Waals surface area contributed by atoms with Crippen molar-refractivity contribution in [3.63, 3.8) is 0 Å². The van der Waals surface area contributed by atoms with Gasteiger partial charge >= 0.3 is 0 Å². The maximum absolute atomic E-state index is 11.7. The van der Waals surface area contributed by atoms with Gasteiger partial charge in [0, 0.05) is 19.4 Å². The van der Waals surface area contributed by atoms with E-state index in [9.17, 15) is 4.79 Å². The van der Waals surface area contributed by atoms with Crippen LogP contribution in [-0.4, -0.2) is 19.5 Å². The molecule has 1 N–H and O–H groups in total. The summed E-state index contributed by atoms with van der Waals surface area (Å²) in [7, 11) is 1.86. The van der Waals surface area contributed by atoms with E-state index in [1.807, 2.05) is 29.3 Å². The molecule has 3 heterocycles. The number of thiophene rings is 1. The minimum Gasteiger partial charge on any atom is -0.331 e. The lowest BCUT2D eigenvalue weighted by atomic mass is 10.4. The van der Waals surface area contributed by atoms with Crippen LogP contribution in [0.15, 0.2) is 28.6 Å². The first kappa shape index (κ1) is 9.29. The Morgan fingerprint density at radius 2 is 2.38 bits per heavy atom. The molecule has 5 nitrogen and oxygen atoms in total. The molecule has 3 rings (SSSR count). The van der Waals surface area contributed by atoms with Crippen molar-refractivity contribution in [2.24, 2.45) is 7.05 Å². The molecule has 16 heavy (non-hydrogen) atoms. The Hall–Kier alpha value is -1.95. The summed E-state index contributed by atoms with van der Waals surface area (Å²) < 4.78 is 2.47. The highest BCUT2D eigenvalue weighted by Crippen LogP contribution is 2.17. The van der Waals surface area contributed by atoms with Crippen LogP contribution in [0.3, 0.4) is 0 Å². The van der Waals surface area contributed by atoms with Crippen LogP contribution in [0.25, 0.3) is 21.9 Å². The van der Waals surface area contributed by atoms with E-state index in [4.69, 9.17) is 0 Å². The van der Waals surface area contributed by atoms with Crippen molar-refractivity contribution >= 4 is 21.6 Å². The number of aryl methyl sites for hydroxylation is 1. The van der Waals surface area contributed by atoms with E-state index in [1.165, 1.54) is 11.3 Å². The van der Waals surface area contributed by atoms with Crippen molar-refractivity contribution in [3.8, 4) is 11.6 Å². The lowest BCUT2D eigenvalue weighted by Gasteiger charge is -2.00. The molecule has 0 fully saturated rings. The maximum Gasteiger partial charge on any atom is 0.269 e. The van der Waals surface area contributed by atoms with Crippen molar-refractivity contribution in [3.05, 3.63) is 34.2 Å². The molecule has 0 bridgehead atoms. The molecule has 80 valence electrons. The van der Waals surface area contributed by atoms with Crippen LogP contribution in [0.1, 0.15) is 0 Å². The van der Waals surface area contributed by atoms with Crippen LogP contribution < -0.4 is 5.56 Å². The smallest absolute Gasteiger partial charge is 0.269 e. The second-order valence-corrected chi connectivity index (χ2v) is 4.33. The van der Waals surface area contributed by atoms with Gasteiger partial charge in [0.1, 0.15) is 4.70 Å². The number of nitrogens with zero attached hydrogens (tertiary/aromatic N) is 3. The molecule has 0 atom stereocenters. The Kier molecular flexibility index (Phi) is 1.90. The molecule has 3 aromatic heterocycles. The van der Waals surface area contributed by atoms with Crippen LogP contribution in [0.2, 0.25) is 0 Å². The highest BCUT2D eigenvalue weighted by atomic mass is 32.1. The predicted octanol–water partition coefficient (Wildman–Crippen LogP) is 1.39. The van der Waals surface area contributed by atoms with E-state index in [1.54, 1.807) is 6.20 Å². The Bertz CT molecular complexity index is 709. The van der Waals surface area contributed by atoms with Crippen LogP contribution in [0, 0.1) is 0 Å². The predicted molar refractivity (Wildman–Crippen MR) is 62.4 cm³/mol. The number of rotatable bonds is 1. The summed E-state index contributed by atoms with van der Waals surface area (Å²) in [6.07, 6.45) is 3.49. The number of H-pyrrole nitrogens is 1. The van der Waals surface area contributed by atoms with Crippen molar-refractivity contribution in [2.45, 2.75) is 0 Å². The number of hydrogen-bond acceptors (Lipinski definition) is 4. The minimum absolute atomic E-state index is 0.113. The van der Waals surface area contributed by atoms with Gasteiger partial charge in [-0.05, 0) is 11.4 Å². The summed E-state index contributed by atoms with van der Waals surface area (Å²) in [6, 6.07) is 1.84. The van der Waals surface area contributed by atoms with Gasteiger partial charge in [-0.3, -0.25) is 4.79 Å². The number of fused-ring (bicyclic) bond motifs is 1. The van der Waals surface area contributed by atoms with Gasteiger partial charge in [-0.15, -0.1) is 11.3 Å². The summed E-state index contributed by atoms with van der Waals surface area (Å²) in [5.74, 6) is 1.16. The monoisotopic (exact) mass is 232 g/mol. The first-order valence-corrected chi connectivity index (χ1v) is 5.59. The molecule has 0 saturated carbocycles. The maximum atomic E-state index is 11.7. The van der Waals surface area contributed by atoms with Crippen LogP contribution in [-0.2, 0) is 7.05 Å². The molecule has 0 aliphatic rings. The third-order valence-corrected chi connectivity index (χ3v) is 3.25. The van der Waals surface area contributed by atoms with Gasteiger partial charge in [0.25, 0.3) is 5.56 Å². The average molecular weight is 232 g/mol. The lowest BCUT2D eigenvalue weighted by molar-refractivity contribution is 0.907. The first-order chi connectivity index (χ1) is 7.75. The van der Waals surface area contributed by atoms with E-state index in [-0.39, 0.29) is 5.56 Å². The summed E-state index contributed by atoms with van der Waals surface area (Å²) in [6.45, 7) is 0. The van der Waals surface area contributed by atoms with Gasteiger partial charge in [0.15, 0.2) is 11.6 Å². The van der Waals surface area contributed by atoms with Crippen LogP contribution >= 0.6 is 11.3 Å². The topological polar surface area (TPSA) is 63.6 Å². The second kappa shape index (κ2) is 3.28. The Labute approximate surface area is 94.4 Å². The second-order valence-electron chi connectivity index (χ2n) is 3.41. The first-order valence-electron chi connectivity index (χ1n) is 4.71. The van der Waals surface area contributed by atoms with E-state index >= 15 is 0 Å². The molecule has 0 spiro atoms. The van der Waals surface area contributed by atoms with Crippen molar-refractivity contribution < 1.29 is 0 Å². The summed E-state index contributed by atoms with van der Waals surface area (Å²) >= 11 is 1.39. The van der Waals surface area contributed by atoms with E-state index < -0.39 is 0 Å². The molecule has 0 aromatic carbocycles. The normalized spacial score (nSPS) is 11.1. The zero-order valence-electron chi connectivity index (χ0n) is 8.47. The summed E-state index contributed by atoms with van der Waals surface area (Å²) in [4.78, 5) is 23.0. The van der Waals surface area contributed by atoms with E-state index in [2.05, 4.69) is 15.0 Å². The average Bonchev–Trinajstić information content (AvgIpc) is 2.85. The number of nitrogens with one attached hydrogen (secondary N) is 1. The molecule has 0 aliphatic carbocycles. The van der Waals surface area contributed by atoms with E-state index in [0.717, 1.165) is 0 Å². The fraction of sp³-hybridized carbons (Fsp3) is 0.100. The molecule has 0 radical (unpaired) electrons. The quantitative estimate of drug-likeness (QED) is 0.689. The standard InChI is InChI=1S/C10H8N4OS/c1-14-4-3-11-9(14)8-12-6-2-5-16-7(6)10(15)13-8/h2-5H,1H3,(H,12,13,15).